The average Bonchev–Trinajstić information content (AvgIpc) is 2.78. The number of hydrogen-bond acceptors (Lipinski definition) is 4. The monoisotopic (exact) mass is 263 g/mol. The lowest BCUT2D eigenvalue weighted by Gasteiger charge is -2.06. The van der Waals surface area contributed by atoms with Gasteiger partial charge in [-0.2, -0.15) is 0 Å². The number of benzene rings is 1. The number of para-hydroxylation sites is 1. The van der Waals surface area contributed by atoms with Gasteiger partial charge in [-0.05, 0) is 19.1 Å². The number of aliphatic hydroxyl groups is 1. The normalized spacial score (nSPS) is 10.8. The van der Waals surface area contributed by atoms with Crippen molar-refractivity contribution in [1.82, 2.24) is 5.32 Å². The van der Waals surface area contributed by atoms with Crippen molar-refractivity contribution in [3.63, 3.8) is 0 Å². The van der Waals surface area contributed by atoms with E-state index in [4.69, 9.17) is 14.3 Å². The van der Waals surface area contributed by atoms with Gasteiger partial charge in [0.05, 0.1) is 25.4 Å². The third-order valence-corrected chi connectivity index (χ3v) is 2.68. The first-order chi connectivity index (χ1) is 9.22. The molecule has 1 heterocycles. The van der Waals surface area contributed by atoms with Crippen LogP contribution in [-0.4, -0.2) is 37.4 Å². The smallest absolute Gasteiger partial charge is 0.255 e. The van der Waals surface area contributed by atoms with E-state index in [2.05, 4.69) is 5.32 Å². The second kappa shape index (κ2) is 6.36. The van der Waals surface area contributed by atoms with Gasteiger partial charge < -0.3 is 19.6 Å². The minimum absolute atomic E-state index is 0.0150. The minimum atomic E-state index is -0.187. The summed E-state index contributed by atoms with van der Waals surface area (Å²) in [4.78, 5) is 12.0. The summed E-state index contributed by atoms with van der Waals surface area (Å²) in [7, 11) is 0. The molecular weight excluding hydrogens is 246 g/mol. The first-order valence-electron chi connectivity index (χ1n) is 6.18. The molecule has 0 bridgehead atoms. The van der Waals surface area contributed by atoms with E-state index in [1.54, 1.807) is 6.07 Å². The predicted molar refractivity (Wildman–Crippen MR) is 71.2 cm³/mol. The zero-order valence-electron chi connectivity index (χ0n) is 10.8. The highest BCUT2D eigenvalue weighted by Gasteiger charge is 2.12. The van der Waals surface area contributed by atoms with Crippen LogP contribution in [0.2, 0.25) is 0 Å². The maximum atomic E-state index is 12.0. The molecule has 0 unspecified atom stereocenters. The summed E-state index contributed by atoms with van der Waals surface area (Å²) in [5, 5.41) is 12.2. The molecule has 2 rings (SSSR count). The number of ether oxygens (including phenoxy) is 1. The van der Waals surface area contributed by atoms with Gasteiger partial charge in [-0.3, -0.25) is 4.79 Å². The number of amides is 1. The number of furan rings is 1. The van der Waals surface area contributed by atoms with Crippen molar-refractivity contribution < 1.29 is 19.1 Å². The number of carbonyl (C=O) groups excluding carboxylic acids is 1. The highest BCUT2D eigenvalue weighted by Crippen LogP contribution is 2.22. The van der Waals surface area contributed by atoms with Gasteiger partial charge >= 0.3 is 0 Å². The van der Waals surface area contributed by atoms with Gasteiger partial charge in [-0.15, -0.1) is 0 Å². The van der Waals surface area contributed by atoms with Crippen LogP contribution in [0.15, 0.2) is 28.7 Å². The standard InChI is InChI=1S/C14H17NO4/c1-10-9-11-3-2-4-12(13(11)19-10)14(17)15-5-7-18-8-6-16/h2-4,9,16H,5-8H2,1H3,(H,15,17). The molecule has 0 aliphatic heterocycles. The first-order valence-corrected chi connectivity index (χ1v) is 6.18. The molecule has 2 N–H and O–H groups in total. The lowest BCUT2D eigenvalue weighted by molar-refractivity contribution is 0.0838. The van der Waals surface area contributed by atoms with E-state index >= 15 is 0 Å². The van der Waals surface area contributed by atoms with E-state index in [-0.39, 0.29) is 19.1 Å². The van der Waals surface area contributed by atoms with Gasteiger partial charge in [0.25, 0.3) is 5.91 Å². The molecule has 0 spiro atoms. The van der Waals surface area contributed by atoms with Crippen molar-refractivity contribution in [1.29, 1.82) is 0 Å². The number of rotatable bonds is 6. The minimum Gasteiger partial charge on any atom is -0.461 e. The summed E-state index contributed by atoms with van der Waals surface area (Å²) in [6, 6.07) is 7.37. The highest BCUT2D eigenvalue weighted by atomic mass is 16.5. The van der Waals surface area contributed by atoms with Crippen LogP contribution in [-0.2, 0) is 4.74 Å². The highest BCUT2D eigenvalue weighted by molar-refractivity contribution is 6.04. The number of aryl methyl sites for hydroxylation is 1. The number of hydrogen-bond donors (Lipinski definition) is 2. The van der Waals surface area contributed by atoms with Crippen LogP contribution in [0.5, 0.6) is 0 Å². The van der Waals surface area contributed by atoms with Crippen molar-refractivity contribution in [3.8, 4) is 0 Å². The zero-order chi connectivity index (χ0) is 13.7. The van der Waals surface area contributed by atoms with Crippen LogP contribution in [0.3, 0.4) is 0 Å². The molecular formula is C14H17NO4. The molecule has 2 aromatic rings. The molecule has 0 radical (unpaired) electrons. The number of nitrogens with one attached hydrogen (secondary N) is 1. The molecule has 1 aromatic carbocycles. The number of aliphatic hydroxyl groups excluding tert-OH is 1. The largest absolute Gasteiger partial charge is 0.461 e. The Balaban J connectivity index is 2.01. The van der Waals surface area contributed by atoms with Gasteiger partial charge in [-0.1, -0.05) is 12.1 Å². The lowest BCUT2D eigenvalue weighted by atomic mass is 10.1. The fraction of sp³-hybridized carbons (Fsp3) is 0.357. The average molecular weight is 263 g/mol. The van der Waals surface area contributed by atoms with Gasteiger partial charge in [0.1, 0.15) is 11.3 Å². The van der Waals surface area contributed by atoms with Crippen LogP contribution < -0.4 is 5.32 Å². The van der Waals surface area contributed by atoms with Crippen molar-refractivity contribution in [2.24, 2.45) is 0 Å². The predicted octanol–water partition coefficient (Wildman–Crippen LogP) is 1.48. The van der Waals surface area contributed by atoms with E-state index in [1.807, 2.05) is 25.1 Å². The second-order valence-corrected chi connectivity index (χ2v) is 4.17. The Labute approximate surface area is 111 Å². The fourth-order valence-electron chi connectivity index (χ4n) is 1.87. The van der Waals surface area contributed by atoms with Crippen LogP contribution >= 0.6 is 0 Å². The van der Waals surface area contributed by atoms with Gasteiger partial charge in [0, 0.05) is 11.9 Å². The molecule has 1 amide bonds. The number of carbonyl (C=O) groups is 1. The molecule has 0 saturated carbocycles. The molecule has 5 nitrogen and oxygen atoms in total. The van der Waals surface area contributed by atoms with Crippen LogP contribution in [0.4, 0.5) is 0 Å². The molecule has 0 atom stereocenters. The molecule has 1 aromatic heterocycles. The summed E-state index contributed by atoms with van der Waals surface area (Å²) < 4.78 is 10.6. The van der Waals surface area contributed by atoms with E-state index in [1.165, 1.54) is 0 Å². The topological polar surface area (TPSA) is 71.7 Å². The Kier molecular flexibility index (Phi) is 4.54. The summed E-state index contributed by atoms with van der Waals surface area (Å²) in [6.45, 7) is 2.89. The first kappa shape index (κ1) is 13.6. The third-order valence-electron chi connectivity index (χ3n) is 2.68. The Hall–Kier alpha value is -1.85. The summed E-state index contributed by atoms with van der Waals surface area (Å²) in [5.74, 6) is 0.592. The van der Waals surface area contributed by atoms with Gasteiger partial charge in [0.2, 0.25) is 0 Å². The maximum Gasteiger partial charge on any atom is 0.255 e. The lowest BCUT2D eigenvalue weighted by Crippen LogP contribution is -2.27. The Morgan fingerprint density at radius 1 is 1.42 bits per heavy atom. The molecule has 0 saturated heterocycles. The zero-order valence-corrected chi connectivity index (χ0v) is 10.8. The van der Waals surface area contributed by atoms with Crippen molar-refractivity contribution in [2.75, 3.05) is 26.4 Å². The van der Waals surface area contributed by atoms with Gasteiger partial charge in [-0.25, -0.2) is 0 Å². The van der Waals surface area contributed by atoms with E-state index in [9.17, 15) is 4.79 Å². The van der Waals surface area contributed by atoms with Crippen molar-refractivity contribution in [2.45, 2.75) is 6.92 Å². The molecule has 0 aliphatic carbocycles. The molecule has 0 aliphatic rings. The van der Waals surface area contributed by atoms with Gasteiger partial charge in [0.15, 0.2) is 0 Å². The van der Waals surface area contributed by atoms with E-state index in [0.717, 1.165) is 11.1 Å². The quantitative estimate of drug-likeness (QED) is 0.774. The van der Waals surface area contributed by atoms with E-state index in [0.29, 0.717) is 24.3 Å². The second-order valence-electron chi connectivity index (χ2n) is 4.17. The van der Waals surface area contributed by atoms with Crippen LogP contribution in [0, 0.1) is 6.92 Å². The molecule has 102 valence electrons. The van der Waals surface area contributed by atoms with Crippen LogP contribution in [0.25, 0.3) is 11.0 Å². The summed E-state index contributed by atoms with van der Waals surface area (Å²) >= 11 is 0. The summed E-state index contributed by atoms with van der Waals surface area (Å²) in [5.41, 5.74) is 1.13. The number of fused-ring (bicyclic) bond motifs is 1. The molecule has 5 heteroatoms. The Morgan fingerprint density at radius 2 is 2.26 bits per heavy atom. The van der Waals surface area contributed by atoms with Crippen molar-refractivity contribution >= 4 is 16.9 Å². The maximum absolute atomic E-state index is 12.0. The Morgan fingerprint density at radius 3 is 3.05 bits per heavy atom. The fourth-order valence-corrected chi connectivity index (χ4v) is 1.87. The molecule has 0 fully saturated rings. The Bertz CT molecular complexity index is 562. The molecule has 19 heavy (non-hydrogen) atoms. The summed E-state index contributed by atoms with van der Waals surface area (Å²) in [6.07, 6.45) is 0. The van der Waals surface area contributed by atoms with Crippen molar-refractivity contribution in [3.05, 3.63) is 35.6 Å². The van der Waals surface area contributed by atoms with E-state index < -0.39 is 0 Å². The van der Waals surface area contributed by atoms with Crippen LogP contribution in [0.1, 0.15) is 16.1 Å². The third kappa shape index (κ3) is 3.33. The SMILES string of the molecule is Cc1cc2cccc(C(=O)NCCOCCO)c2o1.